The van der Waals surface area contributed by atoms with Crippen LogP contribution in [0.3, 0.4) is 0 Å². The van der Waals surface area contributed by atoms with E-state index in [-0.39, 0.29) is 6.42 Å². The molecule has 23 heavy (non-hydrogen) atoms. The highest BCUT2D eigenvalue weighted by Gasteiger charge is 2.12. The van der Waals surface area contributed by atoms with E-state index in [9.17, 15) is 9.59 Å². The average molecular weight is 366 g/mol. The SMILES string of the molecule is CC.CC(C)(C)OC(N)=O.O=C(O)CCc1ccc(Cl)cc1Cl. The van der Waals surface area contributed by atoms with Gasteiger partial charge < -0.3 is 15.6 Å². The van der Waals surface area contributed by atoms with Crippen molar-refractivity contribution in [3.8, 4) is 0 Å². The third-order valence-electron chi connectivity index (χ3n) is 2.03. The number of amides is 1. The quantitative estimate of drug-likeness (QED) is 0.795. The van der Waals surface area contributed by atoms with Crippen molar-refractivity contribution < 1.29 is 19.4 Å². The summed E-state index contributed by atoms with van der Waals surface area (Å²) in [5.74, 6) is -0.828. The Balaban J connectivity index is 0. The molecular weight excluding hydrogens is 341 g/mol. The summed E-state index contributed by atoms with van der Waals surface area (Å²) >= 11 is 11.5. The minimum absolute atomic E-state index is 0.0847. The Morgan fingerprint density at radius 3 is 2.04 bits per heavy atom. The molecule has 0 aliphatic carbocycles. The van der Waals surface area contributed by atoms with Crippen molar-refractivity contribution in [1.82, 2.24) is 0 Å². The smallest absolute Gasteiger partial charge is 0.405 e. The van der Waals surface area contributed by atoms with Gasteiger partial charge in [0.2, 0.25) is 0 Å². The van der Waals surface area contributed by atoms with Gasteiger partial charge in [0.05, 0.1) is 0 Å². The van der Waals surface area contributed by atoms with Crippen molar-refractivity contribution in [3.05, 3.63) is 33.8 Å². The highest BCUT2D eigenvalue weighted by molar-refractivity contribution is 6.35. The Kier molecular flexibility index (Phi) is 12.4. The number of hydrogen-bond donors (Lipinski definition) is 2. The molecule has 1 aromatic rings. The number of nitrogens with two attached hydrogens (primary N) is 1. The molecule has 5 nitrogen and oxygen atoms in total. The Morgan fingerprint density at radius 1 is 1.22 bits per heavy atom. The van der Waals surface area contributed by atoms with Crippen molar-refractivity contribution in [2.75, 3.05) is 0 Å². The summed E-state index contributed by atoms with van der Waals surface area (Å²) in [4.78, 5) is 20.3. The number of aliphatic carboxylic acids is 1. The van der Waals surface area contributed by atoms with Gasteiger partial charge in [-0.15, -0.1) is 0 Å². The van der Waals surface area contributed by atoms with Crippen LogP contribution >= 0.6 is 23.2 Å². The summed E-state index contributed by atoms with van der Waals surface area (Å²) in [6.07, 6.45) is -0.204. The lowest BCUT2D eigenvalue weighted by molar-refractivity contribution is -0.136. The molecule has 0 radical (unpaired) electrons. The molecule has 0 saturated heterocycles. The van der Waals surface area contributed by atoms with Gasteiger partial charge in [-0.25, -0.2) is 4.79 Å². The van der Waals surface area contributed by atoms with Crippen molar-refractivity contribution in [2.45, 2.75) is 53.1 Å². The minimum Gasteiger partial charge on any atom is -0.481 e. The molecule has 1 amide bonds. The summed E-state index contributed by atoms with van der Waals surface area (Å²) in [6, 6.07) is 5.05. The van der Waals surface area contributed by atoms with E-state index in [1.807, 2.05) is 13.8 Å². The van der Waals surface area contributed by atoms with Crippen LogP contribution in [0.1, 0.15) is 46.6 Å². The predicted molar refractivity (Wildman–Crippen MR) is 94.2 cm³/mol. The lowest BCUT2D eigenvalue weighted by Crippen LogP contribution is -2.27. The number of aryl methyl sites for hydroxylation is 1. The largest absolute Gasteiger partial charge is 0.481 e. The molecule has 0 bridgehead atoms. The fourth-order valence-electron chi connectivity index (χ4n) is 1.27. The number of primary amides is 1. The third kappa shape index (κ3) is 15.2. The fourth-order valence-corrected chi connectivity index (χ4v) is 1.77. The number of hydrogen-bond acceptors (Lipinski definition) is 3. The Bertz CT molecular complexity index is 499. The van der Waals surface area contributed by atoms with Gasteiger partial charge in [0.1, 0.15) is 5.60 Å². The standard InChI is InChI=1S/C9H8Cl2O2.C5H11NO2.C2H6/c10-7-3-1-6(8(11)5-7)2-4-9(12)13;1-5(2,3)8-4(6)7;1-2/h1,3,5H,2,4H2,(H,12,13);1-3H3,(H2,6,7);1-2H3. The zero-order chi connectivity index (χ0) is 18.6. The molecule has 1 rings (SSSR count). The zero-order valence-corrected chi connectivity index (χ0v) is 15.7. The zero-order valence-electron chi connectivity index (χ0n) is 14.2. The highest BCUT2D eigenvalue weighted by Crippen LogP contribution is 2.21. The molecule has 7 heteroatoms. The summed E-state index contributed by atoms with van der Waals surface area (Å²) in [6.45, 7) is 9.28. The Labute approximate surface area is 147 Å². The van der Waals surface area contributed by atoms with E-state index in [1.54, 1.807) is 39.0 Å². The van der Waals surface area contributed by atoms with Crippen LogP contribution < -0.4 is 5.73 Å². The number of carbonyl (C=O) groups is 2. The van der Waals surface area contributed by atoms with Gasteiger partial charge in [0.15, 0.2) is 0 Å². The van der Waals surface area contributed by atoms with E-state index in [0.29, 0.717) is 16.5 Å². The molecule has 0 unspecified atom stereocenters. The first-order valence-electron chi connectivity index (χ1n) is 7.15. The highest BCUT2D eigenvalue weighted by atomic mass is 35.5. The van der Waals surface area contributed by atoms with Gasteiger partial charge >= 0.3 is 12.1 Å². The van der Waals surface area contributed by atoms with Crippen molar-refractivity contribution in [3.63, 3.8) is 0 Å². The number of carboxylic acid groups (broad SMARTS) is 1. The van der Waals surface area contributed by atoms with E-state index in [4.69, 9.17) is 34.0 Å². The molecule has 3 N–H and O–H groups in total. The first-order chi connectivity index (χ1) is 10.5. The Morgan fingerprint density at radius 2 is 1.74 bits per heavy atom. The number of halogens is 2. The molecule has 0 heterocycles. The van der Waals surface area contributed by atoms with Crippen LogP contribution in [0.4, 0.5) is 4.79 Å². The van der Waals surface area contributed by atoms with Gasteiger partial charge in [-0.2, -0.15) is 0 Å². The van der Waals surface area contributed by atoms with E-state index in [0.717, 1.165) is 5.56 Å². The van der Waals surface area contributed by atoms with Crippen molar-refractivity contribution >= 4 is 35.3 Å². The fraction of sp³-hybridized carbons (Fsp3) is 0.500. The molecule has 0 saturated carbocycles. The van der Waals surface area contributed by atoms with Gasteiger partial charge in [-0.3, -0.25) is 4.79 Å². The van der Waals surface area contributed by atoms with Crippen molar-refractivity contribution in [1.29, 1.82) is 0 Å². The van der Waals surface area contributed by atoms with E-state index in [1.165, 1.54) is 0 Å². The van der Waals surface area contributed by atoms with Gasteiger partial charge in [0.25, 0.3) is 0 Å². The summed E-state index contributed by atoms with van der Waals surface area (Å²) in [5.41, 5.74) is 5.08. The average Bonchev–Trinajstić information content (AvgIpc) is 2.37. The normalized spacial score (nSPS) is 9.70. The number of carbonyl (C=O) groups excluding carboxylic acids is 1. The monoisotopic (exact) mass is 365 g/mol. The van der Waals surface area contributed by atoms with Crippen LogP contribution in [0.15, 0.2) is 18.2 Å². The molecule has 132 valence electrons. The first kappa shape index (κ1) is 23.8. The van der Waals surface area contributed by atoms with Crippen LogP contribution in [0.5, 0.6) is 0 Å². The molecule has 0 atom stereocenters. The molecule has 0 fully saturated rings. The van der Waals surface area contributed by atoms with E-state index in [2.05, 4.69) is 4.74 Å². The predicted octanol–water partition coefficient (Wildman–Crippen LogP) is 4.92. The minimum atomic E-state index is -0.828. The second-order valence-corrected chi connectivity index (χ2v) is 6.01. The number of ether oxygens (including phenoxy) is 1. The summed E-state index contributed by atoms with van der Waals surface area (Å²) in [7, 11) is 0. The lowest BCUT2D eigenvalue weighted by atomic mass is 10.1. The maximum Gasteiger partial charge on any atom is 0.405 e. The van der Waals surface area contributed by atoms with Crippen LogP contribution in [0, 0.1) is 0 Å². The van der Waals surface area contributed by atoms with Gasteiger partial charge in [0, 0.05) is 16.5 Å². The van der Waals surface area contributed by atoms with Crippen LogP contribution in [0.25, 0.3) is 0 Å². The number of carboxylic acids is 1. The van der Waals surface area contributed by atoms with Crippen LogP contribution in [-0.4, -0.2) is 22.8 Å². The van der Waals surface area contributed by atoms with E-state index < -0.39 is 17.7 Å². The Hall–Kier alpha value is -1.46. The second-order valence-electron chi connectivity index (χ2n) is 5.16. The van der Waals surface area contributed by atoms with Crippen molar-refractivity contribution in [2.24, 2.45) is 5.73 Å². The van der Waals surface area contributed by atoms with Gasteiger partial charge in [-0.1, -0.05) is 43.1 Å². The summed E-state index contributed by atoms with van der Waals surface area (Å²) in [5, 5.41) is 9.53. The van der Waals surface area contributed by atoms with Crippen LogP contribution in [-0.2, 0) is 16.0 Å². The molecule has 0 aliphatic heterocycles. The molecule has 0 spiro atoms. The number of benzene rings is 1. The number of rotatable bonds is 3. The molecule has 0 aromatic heterocycles. The molecule has 1 aromatic carbocycles. The first-order valence-corrected chi connectivity index (χ1v) is 7.91. The lowest BCUT2D eigenvalue weighted by Gasteiger charge is -2.16. The maximum absolute atomic E-state index is 10.3. The topological polar surface area (TPSA) is 89.6 Å². The molecule has 0 aliphatic rings. The second kappa shape index (κ2) is 12.0. The maximum atomic E-state index is 10.3. The van der Waals surface area contributed by atoms with E-state index >= 15 is 0 Å². The summed E-state index contributed by atoms with van der Waals surface area (Å²) < 4.78 is 4.58. The molecular formula is C16H25Cl2NO4. The van der Waals surface area contributed by atoms with Crippen LogP contribution in [0.2, 0.25) is 10.0 Å². The third-order valence-corrected chi connectivity index (χ3v) is 2.62. The van der Waals surface area contributed by atoms with Gasteiger partial charge in [-0.05, 0) is 44.9 Å².